The summed E-state index contributed by atoms with van der Waals surface area (Å²) < 4.78 is 55.5. The van der Waals surface area contributed by atoms with Gasteiger partial charge in [0, 0.05) is 82.0 Å². The van der Waals surface area contributed by atoms with Crippen LogP contribution in [-0.2, 0) is 51.8 Å². The average molecular weight is 1040 g/mol. The Morgan fingerprint density at radius 1 is 0.867 bits per heavy atom. The number of likely N-dealkylation sites (N-methyl/N-ethyl adjacent to an activating group) is 1. The van der Waals surface area contributed by atoms with Crippen LogP contribution in [0.5, 0.6) is 0 Å². The van der Waals surface area contributed by atoms with Crippen LogP contribution in [0, 0.1) is 23.4 Å². The molecular formula is C56H68F3N9O7. The van der Waals surface area contributed by atoms with E-state index in [-0.39, 0.29) is 61.1 Å². The summed E-state index contributed by atoms with van der Waals surface area (Å²) in [5.74, 6) is -5.22. The Hall–Kier alpha value is -6.22. The second kappa shape index (κ2) is 22.9. The second-order valence-electron chi connectivity index (χ2n) is 21.0. The van der Waals surface area contributed by atoms with Crippen LogP contribution >= 0.6 is 0 Å². The molecule has 0 bridgehead atoms. The fraction of sp³-hybridized carbons (Fsp3) is 0.482. The van der Waals surface area contributed by atoms with Crippen LogP contribution in [0.15, 0.2) is 78.9 Å². The molecule has 5 unspecified atom stereocenters. The summed E-state index contributed by atoms with van der Waals surface area (Å²) in [5.41, 5.74) is 2.10. The van der Waals surface area contributed by atoms with Gasteiger partial charge in [-0.25, -0.2) is 13.2 Å². The van der Waals surface area contributed by atoms with Crippen molar-refractivity contribution >= 4 is 46.6 Å². The van der Waals surface area contributed by atoms with Crippen molar-refractivity contribution in [2.24, 2.45) is 5.92 Å². The lowest BCUT2D eigenvalue weighted by molar-refractivity contribution is -0.144. The molecule has 0 saturated carbocycles. The molecule has 3 saturated heterocycles. The zero-order valence-electron chi connectivity index (χ0n) is 43.2. The number of rotatable bonds is 15. The number of fused-ring (bicyclic) bond motifs is 2. The Labute approximate surface area is 436 Å². The van der Waals surface area contributed by atoms with Gasteiger partial charge < -0.3 is 45.9 Å². The zero-order chi connectivity index (χ0) is 53.1. The number of hydrogen-bond acceptors (Lipinski definition) is 11. The van der Waals surface area contributed by atoms with E-state index in [1.165, 1.54) is 23.1 Å². The molecule has 4 aromatic carbocycles. The van der Waals surface area contributed by atoms with Gasteiger partial charge in [0.15, 0.2) is 0 Å². The van der Waals surface area contributed by atoms with E-state index in [0.717, 1.165) is 36.3 Å². The third kappa shape index (κ3) is 11.6. The predicted molar refractivity (Wildman–Crippen MR) is 277 cm³/mol. The zero-order valence-corrected chi connectivity index (χ0v) is 43.2. The number of benzene rings is 4. The molecule has 9 rings (SSSR count). The molecule has 400 valence electrons. The highest BCUT2D eigenvalue weighted by Crippen LogP contribution is 2.44. The summed E-state index contributed by atoms with van der Waals surface area (Å²) in [4.78, 5) is 80.5. The molecule has 3 fully saturated rings. The molecule has 5 aliphatic rings. The van der Waals surface area contributed by atoms with Crippen molar-refractivity contribution in [2.45, 2.75) is 95.2 Å². The molecule has 5 amide bonds. The van der Waals surface area contributed by atoms with E-state index in [4.69, 9.17) is 9.47 Å². The normalized spacial score (nSPS) is 24.0. The fourth-order valence-corrected chi connectivity index (χ4v) is 11.2. The lowest BCUT2D eigenvalue weighted by Gasteiger charge is -2.43. The molecule has 4 aromatic rings. The van der Waals surface area contributed by atoms with Crippen LogP contribution in [0.1, 0.15) is 74.4 Å². The van der Waals surface area contributed by atoms with E-state index in [9.17, 15) is 23.6 Å². The minimum absolute atomic E-state index is 0.0117. The number of morpholine rings is 1. The Morgan fingerprint density at radius 2 is 1.60 bits per heavy atom. The number of piperazine rings is 1. The molecule has 0 spiro atoms. The summed E-state index contributed by atoms with van der Waals surface area (Å²) in [6.45, 7) is 12.7. The van der Waals surface area contributed by atoms with Crippen LogP contribution in [0.25, 0.3) is 0 Å². The molecule has 16 nitrogen and oxygen atoms in total. The summed E-state index contributed by atoms with van der Waals surface area (Å²) >= 11 is 0. The first-order chi connectivity index (χ1) is 36.0. The molecule has 7 atom stereocenters. The molecule has 5 heterocycles. The van der Waals surface area contributed by atoms with E-state index in [0.29, 0.717) is 81.2 Å². The quantitative estimate of drug-likeness (QED) is 0.110. The van der Waals surface area contributed by atoms with E-state index in [1.54, 1.807) is 56.1 Å². The van der Waals surface area contributed by atoms with Crippen LogP contribution in [0.3, 0.4) is 0 Å². The number of para-hydroxylation sites is 1. The highest BCUT2D eigenvalue weighted by atomic mass is 19.1. The van der Waals surface area contributed by atoms with Crippen LogP contribution < -0.4 is 31.5 Å². The summed E-state index contributed by atoms with van der Waals surface area (Å²) in [7, 11) is 1.62. The van der Waals surface area contributed by atoms with Gasteiger partial charge in [0.25, 0.3) is 5.91 Å². The molecule has 75 heavy (non-hydrogen) atoms. The summed E-state index contributed by atoms with van der Waals surface area (Å²) in [5, 5.41) is 14.9. The van der Waals surface area contributed by atoms with E-state index in [1.807, 2.05) is 18.2 Å². The van der Waals surface area contributed by atoms with Crippen molar-refractivity contribution in [3.63, 3.8) is 0 Å². The van der Waals surface area contributed by atoms with E-state index in [2.05, 4.69) is 50.2 Å². The highest BCUT2D eigenvalue weighted by molar-refractivity contribution is 6.07. The van der Waals surface area contributed by atoms with Gasteiger partial charge in [0.1, 0.15) is 35.2 Å². The average Bonchev–Trinajstić information content (AvgIpc) is 3.95. The number of halogens is 3. The second-order valence-corrected chi connectivity index (χ2v) is 21.0. The molecule has 0 aromatic heterocycles. The SMILES string of the molecule is CNC(C)C(=O)NC(C(=O)N1Cc2ccc(NC(=O)C3(C)CN(C(=O)CN4C[C@@H](C)NC[C@@H]4CN4CCOCC4C)c4cc(Cc5ccc(F)cc5)ccc43)cc2C1C(=O)Nc1c(F)cccc1F)C1CCOCC1. The molecule has 19 heteroatoms. The van der Waals surface area contributed by atoms with Crippen molar-refractivity contribution in [2.75, 3.05) is 88.3 Å². The van der Waals surface area contributed by atoms with Crippen molar-refractivity contribution < 1.29 is 46.6 Å². The lowest BCUT2D eigenvalue weighted by atomic mass is 9.82. The van der Waals surface area contributed by atoms with Crippen LogP contribution in [-0.4, -0.2) is 147 Å². The van der Waals surface area contributed by atoms with Crippen molar-refractivity contribution in [1.29, 1.82) is 0 Å². The van der Waals surface area contributed by atoms with Crippen molar-refractivity contribution in [1.82, 2.24) is 30.7 Å². The molecule has 5 aliphatic heterocycles. The van der Waals surface area contributed by atoms with Crippen LogP contribution in [0.4, 0.5) is 30.2 Å². The third-order valence-corrected chi connectivity index (χ3v) is 15.8. The number of hydrogen-bond donors (Lipinski definition) is 5. The van der Waals surface area contributed by atoms with Gasteiger partial charge in [0.2, 0.25) is 23.6 Å². The van der Waals surface area contributed by atoms with Gasteiger partial charge >= 0.3 is 0 Å². The van der Waals surface area contributed by atoms with Gasteiger partial charge in [-0.2, -0.15) is 0 Å². The van der Waals surface area contributed by atoms with E-state index < -0.39 is 64.5 Å². The Morgan fingerprint density at radius 3 is 2.32 bits per heavy atom. The van der Waals surface area contributed by atoms with Gasteiger partial charge in [-0.15, -0.1) is 0 Å². The monoisotopic (exact) mass is 1040 g/mol. The maximum absolute atomic E-state index is 15.1. The van der Waals surface area contributed by atoms with Gasteiger partial charge in [0.05, 0.1) is 31.2 Å². The number of ether oxygens (including phenoxy) is 2. The van der Waals surface area contributed by atoms with Gasteiger partial charge in [-0.1, -0.05) is 36.4 Å². The van der Waals surface area contributed by atoms with Gasteiger partial charge in [-0.3, -0.25) is 33.8 Å². The maximum atomic E-state index is 15.1. The first-order valence-electron chi connectivity index (χ1n) is 26.0. The van der Waals surface area contributed by atoms with E-state index >= 15 is 13.6 Å². The number of carbonyl (C=O) groups excluding carboxylic acids is 5. The summed E-state index contributed by atoms with van der Waals surface area (Å²) in [6, 6.07) is 17.4. The topological polar surface area (TPSA) is 177 Å². The number of nitrogens with zero attached hydrogens (tertiary/aromatic N) is 4. The Kier molecular flexibility index (Phi) is 16.4. The fourth-order valence-electron chi connectivity index (χ4n) is 11.2. The largest absolute Gasteiger partial charge is 0.381 e. The molecule has 0 radical (unpaired) electrons. The Balaban J connectivity index is 1.02. The maximum Gasteiger partial charge on any atom is 0.252 e. The standard InChI is InChI=1S/C56H68F3N9O7/c1-33-27-66(42(26-61-33)29-65-19-22-75-31-34(65)2)30-48(69)68-32-56(4,44-16-11-37(24-47(44)68)23-36-9-13-40(57)14-10-36)55(73)62-41-15-12-39-28-67(51(43(39)25-41)53(71)64-50-45(58)7-6-8-46(50)59)54(72)49(38-17-20-74-21-18-38)63-52(70)35(3)60-5/h6-16,24-25,33-35,38,42,49,51,60-61H,17-23,26-32H2,1-5H3,(H,62,73)(H,63,70)(H,64,71)/t33-,34?,35?,42-,49?,51?,56?/m1/s1. The van der Waals surface area contributed by atoms with Crippen molar-refractivity contribution in [3.8, 4) is 0 Å². The molecular weight excluding hydrogens is 968 g/mol. The minimum Gasteiger partial charge on any atom is -0.381 e. The molecule has 5 N–H and O–H groups in total. The number of carbonyl (C=O) groups is 5. The Bertz CT molecular complexity index is 2760. The first-order valence-corrected chi connectivity index (χ1v) is 26.0. The van der Waals surface area contributed by atoms with Gasteiger partial charge in [-0.05, 0) is 130 Å². The number of amides is 5. The number of nitrogens with one attached hydrogen (secondary N) is 5. The van der Waals surface area contributed by atoms with Crippen molar-refractivity contribution in [3.05, 3.63) is 124 Å². The van der Waals surface area contributed by atoms with Crippen LogP contribution in [0.2, 0.25) is 0 Å². The smallest absolute Gasteiger partial charge is 0.252 e. The minimum atomic E-state index is -1.44. The first kappa shape index (κ1) is 53.6. The third-order valence-electron chi connectivity index (χ3n) is 15.8. The lowest BCUT2D eigenvalue weighted by Crippen LogP contribution is -2.62. The molecule has 0 aliphatic carbocycles. The number of anilines is 3. The summed E-state index contributed by atoms with van der Waals surface area (Å²) in [6.07, 6.45) is 1.38. The predicted octanol–water partition coefficient (Wildman–Crippen LogP) is 4.86. The highest BCUT2D eigenvalue weighted by Gasteiger charge is 2.49.